The molecular formula is C30H56ClKO5. The van der Waals surface area contributed by atoms with Crippen LogP contribution in [0.2, 0.25) is 0 Å². The minimum atomic E-state index is -0.750. The van der Waals surface area contributed by atoms with Crippen molar-refractivity contribution < 1.29 is 75.9 Å². The molecule has 214 valence electrons. The number of hydrogen-bond acceptors (Lipinski definition) is 5. The molecule has 1 fully saturated rings. The number of unbranched alkanes of at least 4 members (excludes halogenated alkanes) is 8. The van der Waals surface area contributed by atoms with Gasteiger partial charge >= 0.3 is 57.4 Å². The number of aliphatic hydroxyl groups is 1. The first kappa shape index (κ1) is 44.5. The van der Waals surface area contributed by atoms with E-state index in [9.17, 15) is 9.90 Å². The molecule has 37 heavy (non-hydrogen) atoms. The molecule has 1 aliphatic heterocycles. The molecule has 0 aromatic heterocycles. The Hall–Kier alpha value is 0.496. The molecule has 0 aromatic rings. The van der Waals surface area contributed by atoms with Crippen molar-refractivity contribution in [1.82, 2.24) is 0 Å². The van der Waals surface area contributed by atoms with E-state index in [4.69, 9.17) is 26.2 Å². The molecule has 0 unspecified atom stereocenters. The Kier molecular flexibility index (Phi) is 46.5. The standard InChI is InChI=1S/C12H21ClO2.C10H18O.C4H8O.C4H9O.K/c1-12(14)15-11-9-7-5-3-2-4-6-8-10-13;1-2-3-4-5-6-7-8-9-10-11;1-2-4-5-3-1;1-4(2,3)5;/h4,6H,2-3,5,7-11H2,1H3;2-4,11H,1,5-10H2;1-4H2;1-3H3;/q;;;-1;+1/b6-4-;4-3-;;;. The van der Waals surface area contributed by atoms with Crippen LogP contribution in [0.15, 0.2) is 37.0 Å². The first-order chi connectivity index (χ1) is 17.2. The minimum Gasteiger partial charge on any atom is -0.850 e. The molecule has 0 saturated carbocycles. The van der Waals surface area contributed by atoms with Crippen LogP contribution < -0.4 is 56.5 Å². The number of allylic oxidation sites excluding steroid dienone is 5. The first-order valence-corrected chi connectivity index (χ1v) is 14.2. The molecule has 0 aromatic carbocycles. The summed E-state index contributed by atoms with van der Waals surface area (Å²) in [5, 5.41) is 18.6. The molecular weight excluding hydrogens is 515 g/mol. The van der Waals surface area contributed by atoms with E-state index in [0.717, 1.165) is 58.2 Å². The van der Waals surface area contributed by atoms with Crippen LogP contribution in [0.25, 0.3) is 0 Å². The van der Waals surface area contributed by atoms with Crippen molar-refractivity contribution in [3.05, 3.63) is 37.0 Å². The monoisotopic (exact) mass is 570 g/mol. The summed E-state index contributed by atoms with van der Waals surface area (Å²) in [6.45, 7) is 12.8. The molecule has 7 heteroatoms. The smallest absolute Gasteiger partial charge is 0.850 e. The van der Waals surface area contributed by atoms with Crippen molar-refractivity contribution in [3.8, 4) is 0 Å². The van der Waals surface area contributed by atoms with Crippen LogP contribution in [0.4, 0.5) is 0 Å². The molecule has 1 N–H and O–H groups in total. The van der Waals surface area contributed by atoms with E-state index in [2.05, 4.69) is 24.8 Å². The number of ether oxygens (including phenoxy) is 2. The summed E-state index contributed by atoms with van der Waals surface area (Å²) in [5.74, 6) is 0.526. The quantitative estimate of drug-likeness (QED) is 0.0747. The van der Waals surface area contributed by atoms with Crippen LogP contribution in [-0.4, -0.2) is 49.0 Å². The average molecular weight is 571 g/mol. The Balaban J connectivity index is -0.000000215. The van der Waals surface area contributed by atoms with E-state index in [1.807, 2.05) is 6.08 Å². The van der Waals surface area contributed by atoms with Gasteiger partial charge < -0.3 is 19.7 Å². The Bertz CT molecular complexity index is 487. The molecule has 0 bridgehead atoms. The number of carbonyl (C=O) groups is 1. The van der Waals surface area contributed by atoms with Crippen molar-refractivity contribution in [2.75, 3.05) is 32.3 Å². The zero-order valence-electron chi connectivity index (χ0n) is 24.8. The Morgan fingerprint density at radius 2 is 1.43 bits per heavy atom. The molecule has 0 aliphatic carbocycles. The number of hydrogen-bond donors (Lipinski definition) is 1. The third kappa shape index (κ3) is 66.8. The Labute approximate surface area is 276 Å². The van der Waals surface area contributed by atoms with E-state index in [-0.39, 0.29) is 57.4 Å². The summed E-state index contributed by atoms with van der Waals surface area (Å²) < 4.78 is 9.78. The summed E-state index contributed by atoms with van der Waals surface area (Å²) in [6.07, 6.45) is 25.1. The first-order valence-electron chi connectivity index (χ1n) is 13.7. The molecule has 0 spiro atoms. The van der Waals surface area contributed by atoms with Gasteiger partial charge in [-0.15, -0.1) is 17.2 Å². The maximum Gasteiger partial charge on any atom is 1.00 e. The van der Waals surface area contributed by atoms with Crippen molar-refractivity contribution in [2.45, 2.75) is 117 Å². The summed E-state index contributed by atoms with van der Waals surface area (Å²) in [5.41, 5.74) is -0.750. The molecule has 1 rings (SSSR count). The van der Waals surface area contributed by atoms with Crippen LogP contribution in [0.3, 0.4) is 0 Å². The number of aliphatic hydroxyl groups excluding tert-OH is 1. The topological polar surface area (TPSA) is 78.8 Å². The van der Waals surface area contributed by atoms with Gasteiger partial charge in [-0.05, 0) is 57.8 Å². The van der Waals surface area contributed by atoms with E-state index < -0.39 is 5.60 Å². The van der Waals surface area contributed by atoms with Gasteiger partial charge in [0.2, 0.25) is 0 Å². The van der Waals surface area contributed by atoms with Crippen molar-refractivity contribution in [3.63, 3.8) is 0 Å². The molecule has 0 atom stereocenters. The molecule has 5 nitrogen and oxygen atoms in total. The third-order valence-corrected chi connectivity index (χ3v) is 4.61. The number of esters is 1. The van der Waals surface area contributed by atoms with Crippen LogP contribution >= 0.6 is 11.6 Å². The van der Waals surface area contributed by atoms with Crippen LogP contribution in [0, 0.1) is 0 Å². The van der Waals surface area contributed by atoms with Crippen molar-refractivity contribution >= 4 is 17.6 Å². The molecule has 1 heterocycles. The van der Waals surface area contributed by atoms with Crippen LogP contribution in [0.5, 0.6) is 0 Å². The predicted molar refractivity (Wildman–Crippen MR) is 154 cm³/mol. The van der Waals surface area contributed by atoms with E-state index in [1.54, 1.807) is 26.8 Å². The molecule has 1 saturated heterocycles. The number of rotatable bonds is 16. The summed E-state index contributed by atoms with van der Waals surface area (Å²) in [4.78, 5) is 10.4. The van der Waals surface area contributed by atoms with E-state index in [0.29, 0.717) is 19.1 Å². The fourth-order valence-corrected chi connectivity index (χ4v) is 2.79. The zero-order valence-corrected chi connectivity index (χ0v) is 28.7. The fraction of sp³-hybridized carbons (Fsp3) is 0.767. The van der Waals surface area contributed by atoms with Gasteiger partial charge in [0.25, 0.3) is 0 Å². The van der Waals surface area contributed by atoms with Crippen LogP contribution in [0.1, 0.15) is 111 Å². The van der Waals surface area contributed by atoms with Gasteiger partial charge in [0.1, 0.15) is 0 Å². The molecule has 0 amide bonds. The Morgan fingerprint density at radius 1 is 0.946 bits per heavy atom. The van der Waals surface area contributed by atoms with Gasteiger partial charge in [-0.25, -0.2) is 0 Å². The maximum atomic E-state index is 10.4. The Morgan fingerprint density at radius 3 is 1.86 bits per heavy atom. The second-order valence-electron chi connectivity index (χ2n) is 9.51. The summed E-state index contributed by atoms with van der Waals surface area (Å²) in [7, 11) is 0. The minimum absolute atomic E-state index is 0. The second-order valence-corrected chi connectivity index (χ2v) is 9.89. The molecule has 1 aliphatic rings. The predicted octanol–water partition coefficient (Wildman–Crippen LogP) is 4.30. The number of carbonyl (C=O) groups excluding carboxylic acids is 1. The fourth-order valence-electron chi connectivity index (χ4n) is 2.66. The SMILES string of the molecule is C1CCOC1.C=C/C=C\CCCCCCO.CC(=O)OCCCCCC/C=C\CCCl.CC(C)(C)[O-].[K+]. The van der Waals surface area contributed by atoms with E-state index in [1.165, 1.54) is 45.4 Å². The van der Waals surface area contributed by atoms with Crippen molar-refractivity contribution in [2.24, 2.45) is 0 Å². The van der Waals surface area contributed by atoms with Gasteiger partial charge in [-0.3, -0.25) is 4.79 Å². The number of alkyl halides is 1. The van der Waals surface area contributed by atoms with Gasteiger partial charge in [-0.2, -0.15) is 0 Å². The van der Waals surface area contributed by atoms with Gasteiger partial charge in [0, 0.05) is 32.6 Å². The molecule has 0 radical (unpaired) electrons. The average Bonchev–Trinajstić information content (AvgIpc) is 3.39. The van der Waals surface area contributed by atoms with Gasteiger partial charge in [0.15, 0.2) is 0 Å². The zero-order chi connectivity index (χ0) is 27.8. The number of halogens is 1. The summed E-state index contributed by atoms with van der Waals surface area (Å²) >= 11 is 5.53. The van der Waals surface area contributed by atoms with Crippen molar-refractivity contribution in [1.29, 1.82) is 0 Å². The largest absolute Gasteiger partial charge is 1.00 e. The van der Waals surface area contributed by atoms with Gasteiger partial charge in [-0.1, -0.05) is 83.4 Å². The summed E-state index contributed by atoms with van der Waals surface area (Å²) in [6, 6.07) is 0. The van der Waals surface area contributed by atoms with Gasteiger partial charge in [0.05, 0.1) is 6.61 Å². The normalized spacial score (nSPS) is 12.4. The van der Waals surface area contributed by atoms with Crippen LogP contribution in [-0.2, 0) is 14.3 Å². The second kappa shape index (κ2) is 38.6. The third-order valence-electron chi connectivity index (χ3n) is 4.39. The van der Waals surface area contributed by atoms with E-state index >= 15 is 0 Å². The maximum absolute atomic E-state index is 10.4.